The molecule has 6 heteroatoms. The highest BCUT2D eigenvalue weighted by molar-refractivity contribution is 6.06. The number of nitrogens with one attached hydrogen (secondary N) is 1. The molecule has 0 saturated heterocycles. The molecular formula is C18H22N2O4. The first-order valence-electron chi connectivity index (χ1n) is 7.39. The number of methoxy groups -OCH3 is 3. The van der Waals surface area contributed by atoms with Crippen molar-refractivity contribution < 1.29 is 19.0 Å². The molecule has 0 aromatic heterocycles. The van der Waals surface area contributed by atoms with Crippen LogP contribution in [0.3, 0.4) is 0 Å². The van der Waals surface area contributed by atoms with Gasteiger partial charge in [0.2, 0.25) is 0 Å². The average Bonchev–Trinajstić information content (AvgIpc) is 2.61. The van der Waals surface area contributed by atoms with Crippen LogP contribution in [0.2, 0.25) is 0 Å². The maximum absolute atomic E-state index is 12.6. The Kier molecular flexibility index (Phi) is 5.52. The van der Waals surface area contributed by atoms with E-state index in [0.29, 0.717) is 28.5 Å². The third kappa shape index (κ3) is 3.71. The molecule has 0 spiro atoms. The molecule has 6 nitrogen and oxygen atoms in total. The lowest BCUT2D eigenvalue weighted by molar-refractivity contribution is 0.102. The van der Waals surface area contributed by atoms with Gasteiger partial charge in [0.15, 0.2) is 0 Å². The number of rotatable bonds is 6. The Hall–Kier alpha value is -2.89. The summed E-state index contributed by atoms with van der Waals surface area (Å²) < 4.78 is 15.9. The van der Waals surface area contributed by atoms with E-state index in [-0.39, 0.29) is 5.91 Å². The second-order valence-corrected chi connectivity index (χ2v) is 5.31. The summed E-state index contributed by atoms with van der Waals surface area (Å²) in [7, 11) is 8.45. The van der Waals surface area contributed by atoms with E-state index in [2.05, 4.69) is 5.32 Å². The van der Waals surface area contributed by atoms with Gasteiger partial charge in [-0.15, -0.1) is 0 Å². The molecule has 1 amide bonds. The standard InChI is InChI=1S/C18H22N2O4/c1-20(2)13-8-6-7-12(9-13)18(21)19-17-15(23-4)10-14(22-3)11-16(17)24-5/h6-11H,1-5H3,(H,19,21). The van der Waals surface area contributed by atoms with Crippen molar-refractivity contribution in [2.75, 3.05) is 45.6 Å². The van der Waals surface area contributed by atoms with Crippen molar-refractivity contribution in [3.8, 4) is 17.2 Å². The number of carbonyl (C=O) groups excluding carboxylic acids is 1. The van der Waals surface area contributed by atoms with Crippen molar-refractivity contribution in [1.29, 1.82) is 0 Å². The summed E-state index contributed by atoms with van der Waals surface area (Å²) in [6.07, 6.45) is 0. The van der Waals surface area contributed by atoms with Gasteiger partial charge >= 0.3 is 0 Å². The van der Waals surface area contributed by atoms with E-state index in [1.165, 1.54) is 14.2 Å². The minimum atomic E-state index is -0.250. The van der Waals surface area contributed by atoms with Gasteiger partial charge in [0.25, 0.3) is 5.91 Å². The molecule has 2 aromatic carbocycles. The van der Waals surface area contributed by atoms with Gasteiger partial charge in [-0.25, -0.2) is 0 Å². The van der Waals surface area contributed by atoms with Gasteiger partial charge in [-0.2, -0.15) is 0 Å². The summed E-state index contributed by atoms with van der Waals surface area (Å²) in [6.45, 7) is 0. The van der Waals surface area contributed by atoms with Gasteiger partial charge < -0.3 is 24.4 Å². The largest absolute Gasteiger partial charge is 0.496 e. The van der Waals surface area contributed by atoms with Crippen molar-refractivity contribution >= 4 is 17.3 Å². The predicted molar refractivity (Wildman–Crippen MR) is 94.8 cm³/mol. The SMILES string of the molecule is COc1cc(OC)c(NC(=O)c2cccc(N(C)C)c2)c(OC)c1. The predicted octanol–water partition coefficient (Wildman–Crippen LogP) is 3.03. The van der Waals surface area contributed by atoms with E-state index in [1.807, 2.05) is 37.2 Å². The topological polar surface area (TPSA) is 60.0 Å². The van der Waals surface area contributed by atoms with E-state index in [1.54, 1.807) is 25.3 Å². The molecule has 128 valence electrons. The van der Waals surface area contributed by atoms with Crippen LogP contribution in [0.5, 0.6) is 17.2 Å². The Balaban J connectivity index is 2.36. The lowest BCUT2D eigenvalue weighted by Gasteiger charge is -2.17. The van der Waals surface area contributed by atoms with Gasteiger partial charge in [-0.05, 0) is 18.2 Å². The second kappa shape index (κ2) is 7.59. The van der Waals surface area contributed by atoms with E-state index < -0.39 is 0 Å². The number of amides is 1. The highest BCUT2D eigenvalue weighted by Crippen LogP contribution is 2.39. The zero-order chi connectivity index (χ0) is 17.7. The van der Waals surface area contributed by atoms with Crippen LogP contribution in [0, 0.1) is 0 Å². The van der Waals surface area contributed by atoms with Gasteiger partial charge in [0, 0.05) is 37.5 Å². The van der Waals surface area contributed by atoms with Gasteiger partial charge in [-0.1, -0.05) is 6.07 Å². The van der Waals surface area contributed by atoms with Crippen LogP contribution in [0.4, 0.5) is 11.4 Å². The van der Waals surface area contributed by atoms with Gasteiger partial charge in [0.1, 0.15) is 22.9 Å². The molecule has 0 atom stereocenters. The fourth-order valence-electron chi connectivity index (χ4n) is 2.24. The summed E-state index contributed by atoms with van der Waals surface area (Å²) in [5, 5.41) is 2.85. The van der Waals surface area contributed by atoms with Crippen LogP contribution in [-0.2, 0) is 0 Å². The number of hydrogen-bond acceptors (Lipinski definition) is 5. The Morgan fingerprint density at radius 3 is 2.08 bits per heavy atom. The first-order chi connectivity index (χ1) is 11.5. The molecule has 0 radical (unpaired) electrons. The minimum absolute atomic E-state index is 0.250. The molecule has 0 bridgehead atoms. The lowest BCUT2D eigenvalue weighted by atomic mass is 10.1. The maximum atomic E-state index is 12.6. The molecule has 24 heavy (non-hydrogen) atoms. The zero-order valence-corrected chi connectivity index (χ0v) is 14.5. The molecule has 0 heterocycles. The van der Waals surface area contributed by atoms with Crippen LogP contribution in [0.15, 0.2) is 36.4 Å². The van der Waals surface area contributed by atoms with Crippen molar-refractivity contribution in [3.63, 3.8) is 0 Å². The maximum Gasteiger partial charge on any atom is 0.255 e. The number of ether oxygens (including phenoxy) is 3. The molecule has 2 rings (SSSR count). The summed E-state index contributed by atoms with van der Waals surface area (Å²) in [5.74, 6) is 1.25. The Morgan fingerprint density at radius 1 is 0.958 bits per heavy atom. The monoisotopic (exact) mass is 330 g/mol. The fourth-order valence-corrected chi connectivity index (χ4v) is 2.24. The number of benzene rings is 2. The molecule has 0 aliphatic carbocycles. The van der Waals surface area contributed by atoms with E-state index >= 15 is 0 Å². The summed E-state index contributed by atoms with van der Waals surface area (Å²) in [5.41, 5.74) is 1.94. The first-order valence-corrected chi connectivity index (χ1v) is 7.39. The molecule has 2 aromatic rings. The van der Waals surface area contributed by atoms with Crippen molar-refractivity contribution in [1.82, 2.24) is 0 Å². The highest BCUT2D eigenvalue weighted by atomic mass is 16.5. The van der Waals surface area contributed by atoms with Crippen molar-refractivity contribution in [2.45, 2.75) is 0 Å². The molecular weight excluding hydrogens is 308 g/mol. The van der Waals surface area contributed by atoms with Crippen LogP contribution in [0.1, 0.15) is 10.4 Å². The first kappa shape index (κ1) is 17.5. The molecule has 1 N–H and O–H groups in total. The van der Waals surface area contributed by atoms with E-state index in [4.69, 9.17) is 14.2 Å². The zero-order valence-electron chi connectivity index (χ0n) is 14.5. The van der Waals surface area contributed by atoms with Gasteiger partial charge in [0.05, 0.1) is 21.3 Å². The second-order valence-electron chi connectivity index (χ2n) is 5.31. The van der Waals surface area contributed by atoms with Crippen molar-refractivity contribution in [2.24, 2.45) is 0 Å². The third-order valence-electron chi connectivity index (χ3n) is 3.58. The molecule has 0 fully saturated rings. The molecule has 0 unspecified atom stereocenters. The van der Waals surface area contributed by atoms with Crippen LogP contribution >= 0.6 is 0 Å². The van der Waals surface area contributed by atoms with Gasteiger partial charge in [-0.3, -0.25) is 4.79 Å². The Labute approximate surface area is 141 Å². The molecule has 0 aliphatic rings. The smallest absolute Gasteiger partial charge is 0.255 e. The quantitative estimate of drug-likeness (QED) is 0.882. The average molecular weight is 330 g/mol. The number of hydrogen-bond donors (Lipinski definition) is 1. The molecule has 0 saturated carbocycles. The summed E-state index contributed by atoms with van der Waals surface area (Å²) in [6, 6.07) is 10.7. The summed E-state index contributed by atoms with van der Waals surface area (Å²) >= 11 is 0. The van der Waals surface area contributed by atoms with E-state index in [0.717, 1.165) is 5.69 Å². The Morgan fingerprint density at radius 2 is 1.58 bits per heavy atom. The Bertz CT molecular complexity index is 704. The lowest BCUT2D eigenvalue weighted by Crippen LogP contribution is -2.15. The normalized spacial score (nSPS) is 10.0. The molecule has 0 aliphatic heterocycles. The third-order valence-corrected chi connectivity index (χ3v) is 3.58. The highest BCUT2D eigenvalue weighted by Gasteiger charge is 2.17. The number of nitrogens with zero attached hydrogens (tertiary/aromatic N) is 1. The fraction of sp³-hybridized carbons (Fsp3) is 0.278. The van der Waals surface area contributed by atoms with Crippen LogP contribution in [-0.4, -0.2) is 41.3 Å². The number of anilines is 2. The van der Waals surface area contributed by atoms with E-state index in [9.17, 15) is 4.79 Å². The van der Waals surface area contributed by atoms with Crippen molar-refractivity contribution in [3.05, 3.63) is 42.0 Å². The van der Waals surface area contributed by atoms with Crippen LogP contribution in [0.25, 0.3) is 0 Å². The van der Waals surface area contributed by atoms with Crippen LogP contribution < -0.4 is 24.4 Å². The number of carbonyl (C=O) groups is 1. The minimum Gasteiger partial charge on any atom is -0.496 e. The summed E-state index contributed by atoms with van der Waals surface area (Å²) in [4.78, 5) is 14.5.